The normalized spacial score (nSPS) is 33.2. The van der Waals surface area contributed by atoms with Gasteiger partial charge in [0.25, 0.3) is 0 Å². The summed E-state index contributed by atoms with van der Waals surface area (Å²) in [6.07, 6.45) is 1.74. The van der Waals surface area contributed by atoms with Crippen molar-refractivity contribution in [2.24, 2.45) is 0 Å². The van der Waals surface area contributed by atoms with Gasteiger partial charge in [-0.05, 0) is 12.8 Å². The van der Waals surface area contributed by atoms with Gasteiger partial charge in [-0.2, -0.15) is 12.6 Å². The Morgan fingerprint density at radius 3 is 3.00 bits per heavy atom. The second kappa shape index (κ2) is 3.21. The van der Waals surface area contributed by atoms with E-state index in [9.17, 15) is 9.59 Å². The smallest absolute Gasteiger partial charge is 0.246 e. The summed E-state index contributed by atoms with van der Waals surface area (Å²) in [5.41, 5.74) is 0. The quantitative estimate of drug-likeness (QED) is 0.556. The molecule has 72 valence electrons. The van der Waals surface area contributed by atoms with Crippen molar-refractivity contribution in [1.29, 1.82) is 0 Å². The van der Waals surface area contributed by atoms with E-state index in [4.69, 9.17) is 0 Å². The van der Waals surface area contributed by atoms with E-state index < -0.39 is 6.04 Å². The zero-order valence-electron chi connectivity index (χ0n) is 7.19. The fraction of sp³-hybridized carbons (Fsp3) is 0.750. The van der Waals surface area contributed by atoms with E-state index in [1.165, 1.54) is 0 Å². The Morgan fingerprint density at radius 1 is 1.54 bits per heavy atom. The van der Waals surface area contributed by atoms with Crippen molar-refractivity contribution in [3.63, 3.8) is 0 Å². The van der Waals surface area contributed by atoms with E-state index >= 15 is 0 Å². The third kappa shape index (κ3) is 1.31. The lowest BCUT2D eigenvalue weighted by molar-refractivity contribution is -0.146. The molecule has 0 unspecified atom stereocenters. The number of nitrogens with zero attached hydrogens (tertiary/aromatic N) is 1. The Kier molecular flexibility index (Phi) is 2.19. The van der Waals surface area contributed by atoms with Gasteiger partial charge in [0.1, 0.15) is 12.1 Å². The number of hydrogen-bond acceptors (Lipinski definition) is 3. The highest BCUT2D eigenvalue weighted by Crippen LogP contribution is 2.21. The minimum absolute atomic E-state index is 0.0175. The summed E-state index contributed by atoms with van der Waals surface area (Å²) >= 11 is 4.03. The van der Waals surface area contributed by atoms with Gasteiger partial charge in [0.2, 0.25) is 11.8 Å². The molecule has 2 atom stereocenters. The molecule has 0 spiro atoms. The van der Waals surface area contributed by atoms with Gasteiger partial charge < -0.3 is 10.2 Å². The Labute approximate surface area is 82.1 Å². The molecule has 0 aliphatic carbocycles. The predicted octanol–water partition coefficient (Wildman–Crippen LogP) is -0.594. The van der Waals surface area contributed by atoms with Crippen molar-refractivity contribution >= 4 is 24.4 Å². The highest BCUT2D eigenvalue weighted by Gasteiger charge is 2.42. The van der Waals surface area contributed by atoms with E-state index in [0.717, 1.165) is 19.4 Å². The molecule has 2 saturated heterocycles. The third-order valence-corrected chi connectivity index (χ3v) is 3.00. The molecular weight excluding hydrogens is 188 g/mol. The number of nitrogens with one attached hydrogen (secondary N) is 1. The molecule has 0 saturated carbocycles. The molecule has 2 aliphatic rings. The van der Waals surface area contributed by atoms with Crippen LogP contribution >= 0.6 is 12.6 Å². The van der Waals surface area contributed by atoms with Gasteiger partial charge >= 0.3 is 0 Å². The molecule has 2 aliphatic heterocycles. The molecule has 0 aromatic rings. The molecule has 2 rings (SSSR count). The number of piperazine rings is 1. The number of fused-ring (bicyclic) bond motifs is 1. The van der Waals surface area contributed by atoms with Crippen molar-refractivity contribution < 1.29 is 9.59 Å². The lowest BCUT2D eigenvalue weighted by Gasteiger charge is -2.33. The first-order valence-corrected chi connectivity index (χ1v) is 5.09. The van der Waals surface area contributed by atoms with Gasteiger partial charge in [-0.1, -0.05) is 0 Å². The van der Waals surface area contributed by atoms with E-state index in [2.05, 4.69) is 17.9 Å². The van der Waals surface area contributed by atoms with Gasteiger partial charge in [-0.3, -0.25) is 9.59 Å². The highest BCUT2D eigenvalue weighted by molar-refractivity contribution is 7.80. The van der Waals surface area contributed by atoms with Crippen LogP contribution in [0.15, 0.2) is 0 Å². The standard InChI is InChI=1S/C8H12N2O2S/c11-7-6-2-1-3-10(6)8(12)5(4-13)9-7/h5-6,13H,1-4H2,(H,9,11)/t5-,6+/m0/s1. The first-order chi connectivity index (χ1) is 6.24. The molecule has 2 fully saturated rings. The van der Waals surface area contributed by atoms with E-state index in [-0.39, 0.29) is 17.9 Å². The van der Waals surface area contributed by atoms with Crippen LogP contribution in [0.3, 0.4) is 0 Å². The maximum Gasteiger partial charge on any atom is 0.246 e. The molecule has 2 amide bonds. The Balaban J connectivity index is 2.19. The van der Waals surface area contributed by atoms with Gasteiger partial charge in [0.05, 0.1) is 0 Å². The van der Waals surface area contributed by atoms with Crippen LogP contribution in [-0.2, 0) is 9.59 Å². The van der Waals surface area contributed by atoms with Crippen LogP contribution in [0, 0.1) is 0 Å². The van der Waals surface area contributed by atoms with Crippen molar-refractivity contribution in [3.8, 4) is 0 Å². The molecule has 4 nitrogen and oxygen atoms in total. The zero-order chi connectivity index (χ0) is 9.42. The fourth-order valence-corrected chi connectivity index (χ4v) is 2.20. The summed E-state index contributed by atoms with van der Waals surface area (Å²) in [4.78, 5) is 24.8. The summed E-state index contributed by atoms with van der Waals surface area (Å²) in [5.74, 6) is 0.390. The number of carbonyl (C=O) groups is 2. The van der Waals surface area contributed by atoms with Crippen LogP contribution in [0.4, 0.5) is 0 Å². The first kappa shape index (κ1) is 8.87. The molecule has 2 heterocycles. The van der Waals surface area contributed by atoms with E-state index in [0.29, 0.717) is 5.75 Å². The van der Waals surface area contributed by atoms with Crippen molar-refractivity contribution in [3.05, 3.63) is 0 Å². The summed E-state index contributed by atoms with van der Waals surface area (Å²) in [6.45, 7) is 0.723. The molecule has 1 N–H and O–H groups in total. The average molecular weight is 200 g/mol. The van der Waals surface area contributed by atoms with Crippen molar-refractivity contribution in [1.82, 2.24) is 10.2 Å². The molecule has 5 heteroatoms. The second-order valence-corrected chi connectivity index (χ2v) is 3.80. The number of carbonyl (C=O) groups excluding carboxylic acids is 2. The molecule has 13 heavy (non-hydrogen) atoms. The number of rotatable bonds is 1. The van der Waals surface area contributed by atoms with Crippen molar-refractivity contribution in [2.75, 3.05) is 12.3 Å². The molecule has 0 radical (unpaired) electrons. The first-order valence-electron chi connectivity index (χ1n) is 4.46. The second-order valence-electron chi connectivity index (χ2n) is 3.43. The number of hydrogen-bond donors (Lipinski definition) is 2. The van der Waals surface area contributed by atoms with Crippen LogP contribution in [0.25, 0.3) is 0 Å². The fourth-order valence-electron chi connectivity index (χ4n) is 1.96. The molecule has 0 aromatic carbocycles. The van der Waals surface area contributed by atoms with Gasteiger partial charge in [0.15, 0.2) is 0 Å². The minimum Gasteiger partial charge on any atom is -0.342 e. The zero-order valence-corrected chi connectivity index (χ0v) is 8.09. The average Bonchev–Trinajstić information content (AvgIpc) is 2.60. The molecular formula is C8H12N2O2S. The van der Waals surface area contributed by atoms with Crippen LogP contribution < -0.4 is 5.32 Å². The predicted molar refractivity (Wildman–Crippen MR) is 50.5 cm³/mol. The van der Waals surface area contributed by atoms with Gasteiger partial charge in [0, 0.05) is 12.3 Å². The Bertz CT molecular complexity index is 257. The Morgan fingerprint density at radius 2 is 2.31 bits per heavy atom. The van der Waals surface area contributed by atoms with Gasteiger partial charge in [-0.15, -0.1) is 0 Å². The topological polar surface area (TPSA) is 49.4 Å². The summed E-state index contributed by atoms with van der Waals surface area (Å²) in [6, 6.07) is -0.617. The van der Waals surface area contributed by atoms with E-state index in [1.807, 2.05) is 0 Å². The van der Waals surface area contributed by atoms with Crippen molar-refractivity contribution in [2.45, 2.75) is 24.9 Å². The van der Waals surface area contributed by atoms with Crippen LogP contribution in [0.5, 0.6) is 0 Å². The summed E-state index contributed by atoms with van der Waals surface area (Å²) in [7, 11) is 0. The largest absolute Gasteiger partial charge is 0.342 e. The lowest BCUT2D eigenvalue weighted by Crippen LogP contribution is -2.61. The number of thiol groups is 1. The summed E-state index contributed by atoms with van der Waals surface area (Å²) in [5, 5.41) is 2.68. The third-order valence-electron chi connectivity index (χ3n) is 2.64. The summed E-state index contributed by atoms with van der Waals surface area (Å²) < 4.78 is 0. The minimum atomic E-state index is -0.412. The maximum absolute atomic E-state index is 11.6. The Hall–Kier alpha value is -0.710. The van der Waals surface area contributed by atoms with Crippen LogP contribution in [0.1, 0.15) is 12.8 Å². The lowest BCUT2D eigenvalue weighted by atomic mass is 10.1. The number of amides is 2. The van der Waals surface area contributed by atoms with Crippen LogP contribution in [0.2, 0.25) is 0 Å². The highest BCUT2D eigenvalue weighted by atomic mass is 32.1. The molecule has 0 aromatic heterocycles. The molecule has 0 bridgehead atoms. The van der Waals surface area contributed by atoms with Gasteiger partial charge in [-0.25, -0.2) is 0 Å². The SMILES string of the molecule is O=C1N[C@@H](CS)C(=O)N2CCC[C@H]12. The maximum atomic E-state index is 11.6. The monoisotopic (exact) mass is 200 g/mol. The van der Waals surface area contributed by atoms with Crippen LogP contribution in [-0.4, -0.2) is 41.1 Å². The van der Waals surface area contributed by atoms with E-state index in [1.54, 1.807) is 4.90 Å².